The van der Waals surface area contributed by atoms with Crippen molar-refractivity contribution in [2.45, 2.75) is 20.8 Å². The van der Waals surface area contributed by atoms with Crippen LogP contribution in [0, 0.1) is 6.92 Å². The van der Waals surface area contributed by atoms with Crippen LogP contribution in [0.25, 0.3) is 5.57 Å². The number of hydrogen-bond donors (Lipinski definition) is 0. The molecule has 0 bridgehead atoms. The summed E-state index contributed by atoms with van der Waals surface area (Å²) in [5.74, 6) is 0.747. The maximum absolute atomic E-state index is 5.52. The molecule has 0 aliphatic heterocycles. The Hall–Kier alpha value is -1.42. The van der Waals surface area contributed by atoms with Crippen molar-refractivity contribution < 1.29 is 4.74 Å². The topological polar surface area (TPSA) is 35.0 Å². The molecule has 0 aliphatic carbocycles. The van der Waals surface area contributed by atoms with Gasteiger partial charge in [0.15, 0.2) is 5.01 Å². The zero-order valence-corrected chi connectivity index (χ0v) is 10.7. The number of rotatable bonds is 5. The third kappa shape index (κ3) is 3.03. The number of aryl methyl sites for hydroxylation is 1. The predicted octanol–water partition coefficient (Wildman–Crippen LogP) is 3.36. The normalized spacial score (nSPS) is 12.7. The lowest BCUT2D eigenvalue weighted by Crippen LogP contribution is -1.93. The van der Waals surface area contributed by atoms with Crippen LogP contribution in [-0.2, 0) is 4.74 Å². The van der Waals surface area contributed by atoms with Crippen molar-refractivity contribution in [3.8, 4) is 0 Å². The molecule has 0 amide bonds. The average molecular weight is 236 g/mol. The Morgan fingerprint density at radius 2 is 2.25 bits per heavy atom. The molecule has 0 aliphatic rings. The summed E-state index contributed by atoms with van der Waals surface area (Å²) in [7, 11) is 0. The van der Waals surface area contributed by atoms with Gasteiger partial charge in [0.1, 0.15) is 10.8 Å². The first kappa shape index (κ1) is 12.6. The third-order valence-corrected chi connectivity index (χ3v) is 2.71. The van der Waals surface area contributed by atoms with Gasteiger partial charge in [-0.3, -0.25) is 0 Å². The van der Waals surface area contributed by atoms with Gasteiger partial charge in [0.2, 0.25) is 0 Å². The van der Waals surface area contributed by atoms with Crippen molar-refractivity contribution in [3.05, 3.63) is 40.6 Å². The summed E-state index contributed by atoms with van der Waals surface area (Å²) in [4.78, 5) is 0. The van der Waals surface area contributed by atoms with E-state index in [9.17, 15) is 0 Å². The Morgan fingerprint density at radius 3 is 2.69 bits per heavy atom. The molecule has 0 N–H and O–H groups in total. The molecule has 0 fully saturated rings. The molecule has 1 aromatic heterocycles. The molecular formula is C12H16N2OS. The first-order valence-electron chi connectivity index (χ1n) is 5.15. The summed E-state index contributed by atoms with van der Waals surface area (Å²) in [5.41, 5.74) is 0.935. The summed E-state index contributed by atoms with van der Waals surface area (Å²) in [6, 6.07) is 0. The van der Waals surface area contributed by atoms with Gasteiger partial charge >= 0.3 is 0 Å². The van der Waals surface area contributed by atoms with Gasteiger partial charge in [-0.15, -0.1) is 10.2 Å². The van der Waals surface area contributed by atoms with Crippen LogP contribution >= 0.6 is 11.3 Å². The molecular weight excluding hydrogens is 220 g/mol. The summed E-state index contributed by atoms with van der Waals surface area (Å²) < 4.78 is 5.52. The largest absolute Gasteiger partial charge is 0.493 e. The number of aromatic nitrogens is 2. The van der Waals surface area contributed by atoms with Crippen molar-refractivity contribution in [2.24, 2.45) is 0 Å². The van der Waals surface area contributed by atoms with E-state index in [2.05, 4.69) is 16.8 Å². The molecule has 0 saturated carbocycles. The Balaban J connectivity index is 3.20. The van der Waals surface area contributed by atoms with E-state index < -0.39 is 0 Å². The second-order valence-electron chi connectivity index (χ2n) is 3.04. The van der Waals surface area contributed by atoms with Crippen LogP contribution < -0.4 is 0 Å². The van der Waals surface area contributed by atoms with Crippen LogP contribution in [0.1, 0.15) is 23.9 Å². The van der Waals surface area contributed by atoms with Crippen molar-refractivity contribution in [2.75, 3.05) is 6.61 Å². The highest BCUT2D eigenvalue weighted by Gasteiger charge is 2.10. The fourth-order valence-corrected chi connectivity index (χ4v) is 1.95. The Kier molecular flexibility index (Phi) is 4.92. The molecule has 1 aromatic rings. The van der Waals surface area contributed by atoms with E-state index in [1.807, 2.05) is 32.9 Å². The highest BCUT2D eigenvalue weighted by atomic mass is 32.1. The van der Waals surface area contributed by atoms with E-state index in [-0.39, 0.29) is 0 Å². The van der Waals surface area contributed by atoms with Gasteiger partial charge in [0, 0.05) is 0 Å². The second kappa shape index (κ2) is 6.23. The first-order valence-corrected chi connectivity index (χ1v) is 5.97. The minimum atomic E-state index is 0.611. The van der Waals surface area contributed by atoms with Gasteiger partial charge in [0.05, 0.1) is 12.2 Å². The molecule has 16 heavy (non-hydrogen) atoms. The van der Waals surface area contributed by atoms with Crippen molar-refractivity contribution in [1.29, 1.82) is 0 Å². The minimum absolute atomic E-state index is 0.611. The summed E-state index contributed by atoms with van der Waals surface area (Å²) >= 11 is 1.55. The van der Waals surface area contributed by atoms with Gasteiger partial charge in [-0.05, 0) is 26.8 Å². The number of ether oxygens (including phenoxy) is 1. The molecule has 86 valence electrons. The van der Waals surface area contributed by atoms with Gasteiger partial charge in [-0.2, -0.15) is 0 Å². The van der Waals surface area contributed by atoms with Crippen molar-refractivity contribution in [1.82, 2.24) is 10.2 Å². The monoisotopic (exact) mass is 236 g/mol. The maximum Gasteiger partial charge on any atom is 0.151 e. The third-order valence-electron chi connectivity index (χ3n) is 1.84. The molecule has 0 saturated heterocycles. The number of allylic oxidation sites excluding steroid dienone is 4. The average Bonchev–Trinajstić information content (AvgIpc) is 2.70. The van der Waals surface area contributed by atoms with E-state index in [1.165, 1.54) is 0 Å². The van der Waals surface area contributed by atoms with Gasteiger partial charge < -0.3 is 4.74 Å². The van der Waals surface area contributed by atoms with Crippen LogP contribution in [0.4, 0.5) is 0 Å². The highest BCUT2D eigenvalue weighted by Crippen LogP contribution is 2.24. The van der Waals surface area contributed by atoms with Crippen LogP contribution in [0.3, 0.4) is 0 Å². The summed E-state index contributed by atoms with van der Waals surface area (Å²) in [6.07, 6.45) is 5.62. The van der Waals surface area contributed by atoms with Crippen LogP contribution in [0.2, 0.25) is 0 Å². The zero-order valence-electron chi connectivity index (χ0n) is 9.86. The molecule has 0 radical (unpaired) electrons. The molecule has 0 aromatic carbocycles. The highest BCUT2D eigenvalue weighted by molar-refractivity contribution is 7.12. The van der Waals surface area contributed by atoms with Gasteiger partial charge in [0.25, 0.3) is 0 Å². The lowest BCUT2D eigenvalue weighted by atomic mass is 10.2. The molecule has 1 heterocycles. The Morgan fingerprint density at radius 1 is 1.50 bits per heavy atom. The van der Waals surface area contributed by atoms with Crippen LogP contribution in [0.15, 0.2) is 30.6 Å². The van der Waals surface area contributed by atoms with E-state index >= 15 is 0 Å². The van der Waals surface area contributed by atoms with Crippen molar-refractivity contribution >= 4 is 16.9 Å². The maximum atomic E-state index is 5.52. The standard InChI is InChI=1S/C12H16N2OS/c1-5-8-10(11(6-2)15-7-3)12-14-13-9(4)16-12/h5-6,8H,2,7H2,1,3-4H3/b8-5-,11-10-. The van der Waals surface area contributed by atoms with E-state index in [1.54, 1.807) is 17.4 Å². The van der Waals surface area contributed by atoms with Gasteiger partial charge in [-0.1, -0.05) is 30.1 Å². The molecule has 1 rings (SSSR count). The minimum Gasteiger partial charge on any atom is -0.493 e. The van der Waals surface area contributed by atoms with Crippen LogP contribution in [-0.4, -0.2) is 16.8 Å². The SMILES string of the molecule is C=C/C(OCC)=C(\C=C/C)c1nnc(C)s1. The van der Waals surface area contributed by atoms with Crippen LogP contribution in [0.5, 0.6) is 0 Å². The lowest BCUT2D eigenvalue weighted by Gasteiger charge is -2.07. The Labute approximate surface area is 100 Å². The molecule has 0 spiro atoms. The Bertz CT molecular complexity index is 418. The number of nitrogens with zero attached hydrogens (tertiary/aromatic N) is 2. The molecule has 0 unspecified atom stereocenters. The summed E-state index contributed by atoms with van der Waals surface area (Å²) in [5, 5.41) is 9.93. The lowest BCUT2D eigenvalue weighted by molar-refractivity contribution is 0.245. The van der Waals surface area contributed by atoms with E-state index in [0.717, 1.165) is 21.3 Å². The number of hydrogen-bond acceptors (Lipinski definition) is 4. The van der Waals surface area contributed by atoms with E-state index in [0.29, 0.717) is 6.61 Å². The predicted molar refractivity (Wildman–Crippen MR) is 68.2 cm³/mol. The summed E-state index contributed by atoms with van der Waals surface area (Å²) in [6.45, 7) is 10.2. The van der Waals surface area contributed by atoms with Gasteiger partial charge in [-0.25, -0.2) is 0 Å². The zero-order chi connectivity index (χ0) is 12.0. The molecule has 0 atom stereocenters. The molecule has 4 heteroatoms. The van der Waals surface area contributed by atoms with E-state index in [4.69, 9.17) is 4.74 Å². The fourth-order valence-electron chi connectivity index (χ4n) is 1.23. The second-order valence-corrected chi connectivity index (χ2v) is 4.22. The van der Waals surface area contributed by atoms with Crippen molar-refractivity contribution in [3.63, 3.8) is 0 Å². The smallest absolute Gasteiger partial charge is 0.151 e. The first-order chi connectivity index (χ1) is 7.72. The fraction of sp³-hybridized carbons (Fsp3) is 0.333. The quantitative estimate of drug-likeness (QED) is 0.581. The molecule has 3 nitrogen and oxygen atoms in total.